The number of nitrogens with one attached hydrogen (secondary N) is 1. The summed E-state index contributed by atoms with van der Waals surface area (Å²) in [4.78, 5) is 17.7. The molecule has 7 heteroatoms. The Balaban J connectivity index is 1.43. The molecule has 1 unspecified atom stereocenters. The second kappa shape index (κ2) is 11.6. The van der Waals surface area contributed by atoms with Crippen molar-refractivity contribution < 1.29 is 19.0 Å². The summed E-state index contributed by atoms with van der Waals surface area (Å²) in [6, 6.07) is 21.3. The summed E-state index contributed by atoms with van der Waals surface area (Å²) in [7, 11) is 3.17. The number of amides is 1. The molecule has 3 aromatic carbocycles. The van der Waals surface area contributed by atoms with Gasteiger partial charge in [0, 0.05) is 6.54 Å². The van der Waals surface area contributed by atoms with E-state index in [9.17, 15) is 4.79 Å². The third-order valence-corrected chi connectivity index (χ3v) is 6.05. The van der Waals surface area contributed by atoms with Gasteiger partial charge in [0.05, 0.1) is 44.3 Å². The van der Waals surface area contributed by atoms with Crippen LogP contribution in [0.15, 0.2) is 66.7 Å². The van der Waals surface area contributed by atoms with E-state index >= 15 is 0 Å². The SMILES string of the molecule is COc1ccc(CC(=O)NC(C)c2nc3ccccc3n2CCCOc2cccc(C)c2)cc1OC. The Labute approximate surface area is 212 Å². The molecule has 1 N–H and O–H groups in total. The summed E-state index contributed by atoms with van der Waals surface area (Å²) in [6.07, 6.45) is 1.04. The Bertz CT molecular complexity index is 1330. The summed E-state index contributed by atoms with van der Waals surface area (Å²) in [6.45, 7) is 5.35. The molecule has 0 saturated heterocycles. The van der Waals surface area contributed by atoms with Crippen LogP contribution < -0.4 is 19.5 Å². The smallest absolute Gasteiger partial charge is 0.224 e. The lowest BCUT2D eigenvalue weighted by atomic mass is 10.1. The van der Waals surface area contributed by atoms with E-state index in [1.54, 1.807) is 14.2 Å². The Morgan fingerprint density at radius 2 is 1.81 bits per heavy atom. The number of hydrogen-bond acceptors (Lipinski definition) is 5. The van der Waals surface area contributed by atoms with Crippen LogP contribution in [-0.2, 0) is 17.8 Å². The maximum Gasteiger partial charge on any atom is 0.224 e. The molecule has 1 heterocycles. The number of aromatic nitrogens is 2. The fourth-order valence-electron chi connectivity index (χ4n) is 4.31. The molecule has 4 aromatic rings. The number of methoxy groups -OCH3 is 2. The average molecular weight is 488 g/mol. The topological polar surface area (TPSA) is 74.6 Å². The van der Waals surface area contributed by atoms with Crippen LogP contribution in [0.25, 0.3) is 11.0 Å². The zero-order valence-electron chi connectivity index (χ0n) is 21.3. The summed E-state index contributed by atoms with van der Waals surface area (Å²) in [5.41, 5.74) is 3.98. The second-order valence-electron chi connectivity index (χ2n) is 8.78. The molecule has 7 nitrogen and oxygen atoms in total. The van der Waals surface area contributed by atoms with Gasteiger partial charge in [-0.3, -0.25) is 4.79 Å². The van der Waals surface area contributed by atoms with E-state index in [-0.39, 0.29) is 18.4 Å². The van der Waals surface area contributed by atoms with Crippen molar-refractivity contribution in [2.45, 2.75) is 39.3 Å². The van der Waals surface area contributed by atoms with E-state index in [0.717, 1.165) is 41.1 Å². The second-order valence-corrected chi connectivity index (χ2v) is 8.78. The number of rotatable bonds is 11. The molecule has 0 spiro atoms. The Hall–Kier alpha value is -4.00. The van der Waals surface area contributed by atoms with E-state index in [2.05, 4.69) is 28.9 Å². The zero-order chi connectivity index (χ0) is 25.5. The summed E-state index contributed by atoms with van der Waals surface area (Å²) in [5, 5.41) is 3.11. The van der Waals surface area contributed by atoms with Crippen LogP contribution in [0.2, 0.25) is 0 Å². The van der Waals surface area contributed by atoms with Crippen molar-refractivity contribution in [1.82, 2.24) is 14.9 Å². The molecule has 1 atom stereocenters. The van der Waals surface area contributed by atoms with Crippen molar-refractivity contribution in [1.29, 1.82) is 0 Å². The number of aryl methyl sites for hydroxylation is 2. The van der Waals surface area contributed by atoms with Gasteiger partial charge in [-0.15, -0.1) is 0 Å². The predicted octanol–water partition coefficient (Wildman–Crippen LogP) is 5.25. The number of fused-ring (bicyclic) bond motifs is 1. The molecule has 188 valence electrons. The number of carbonyl (C=O) groups excluding carboxylic acids is 1. The minimum atomic E-state index is -0.261. The third-order valence-electron chi connectivity index (χ3n) is 6.05. The minimum absolute atomic E-state index is 0.0869. The van der Waals surface area contributed by atoms with E-state index in [1.165, 1.54) is 5.56 Å². The van der Waals surface area contributed by atoms with Gasteiger partial charge in [-0.25, -0.2) is 4.98 Å². The van der Waals surface area contributed by atoms with Crippen molar-refractivity contribution in [3.8, 4) is 17.2 Å². The van der Waals surface area contributed by atoms with Gasteiger partial charge in [-0.05, 0) is 67.8 Å². The molecule has 36 heavy (non-hydrogen) atoms. The van der Waals surface area contributed by atoms with E-state index in [4.69, 9.17) is 19.2 Å². The molecule has 0 aliphatic carbocycles. The fourth-order valence-corrected chi connectivity index (χ4v) is 4.31. The molecule has 0 bridgehead atoms. The van der Waals surface area contributed by atoms with Crippen molar-refractivity contribution in [2.75, 3.05) is 20.8 Å². The lowest BCUT2D eigenvalue weighted by molar-refractivity contribution is -0.121. The van der Waals surface area contributed by atoms with Gasteiger partial charge in [0.1, 0.15) is 11.6 Å². The maximum atomic E-state index is 12.9. The first kappa shape index (κ1) is 25.1. The minimum Gasteiger partial charge on any atom is -0.494 e. The van der Waals surface area contributed by atoms with Crippen LogP contribution in [0.3, 0.4) is 0 Å². The first-order valence-corrected chi connectivity index (χ1v) is 12.1. The van der Waals surface area contributed by atoms with Gasteiger partial charge < -0.3 is 24.1 Å². The Kier molecular flexibility index (Phi) is 8.10. The van der Waals surface area contributed by atoms with Gasteiger partial charge >= 0.3 is 0 Å². The van der Waals surface area contributed by atoms with Gasteiger partial charge in [0.15, 0.2) is 11.5 Å². The van der Waals surface area contributed by atoms with Crippen molar-refractivity contribution >= 4 is 16.9 Å². The highest BCUT2D eigenvalue weighted by Crippen LogP contribution is 2.28. The molecular formula is C29H33N3O4. The Morgan fingerprint density at radius 3 is 2.58 bits per heavy atom. The highest BCUT2D eigenvalue weighted by Gasteiger charge is 2.19. The normalized spacial score (nSPS) is 11.8. The largest absolute Gasteiger partial charge is 0.494 e. The van der Waals surface area contributed by atoms with Crippen molar-refractivity contribution in [2.24, 2.45) is 0 Å². The first-order valence-electron chi connectivity index (χ1n) is 12.1. The molecule has 0 radical (unpaired) electrons. The van der Waals surface area contributed by atoms with Crippen molar-refractivity contribution in [3.63, 3.8) is 0 Å². The van der Waals surface area contributed by atoms with Crippen LogP contribution in [0.1, 0.15) is 36.3 Å². The van der Waals surface area contributed by atoms with Crippen molar-refractivity contribution in [3.05, 3.63) is 83.7 Å². The third kappa shape index (κ3) is 5.97. The summed E-state index contributed by atoms with van der Waals surface area (Å²) < 4.78 is 18.8. The van der Waals surface area contributed by atoms with Crippen LogP contribution in [0.4, 0.5) is 0 Å². The molecule has 1 aromatic heterocycles. The molecule has 4 rings (SSSR count). The van der Waals surface area contributed by atoms with E-state index in [0.29, 0.717) is 18.1 Å². The number of hydrogen-bond donors (Lipinski definition) is 1. The lowest BCUT2D eigenvalue weighted by Gasteiger charge is -2.17. The Morgan fingerprint density at radius 1 is 1.00 bits per heavy atom. The highest BCUT2D eigenvalue weighted by atomic mass is 16.5. The van der Waals surface area contributed by atoms with Gasteiger partial charge in [0.2, 0.25) is 5.91 Å². The van der Waals surface area contributed by atoms with Gasteiger partial charge in [-0.1, -0.05) is 30.3 Å². The molecule has 1 amide bonds. The highest BCUT2D eigenvalue weighted by molar-refractivity contribution is 5.80. The van der Waals surface area contributed by atoms with E-state index < -0.39 is 0 Å². The first-order chi connectivity index (χ1) is 17.5. The molecule has 0 aliphatic rings. The van der Waals surface area contributed by atoms with Gasteiger partial charge in [-0.2, -0.15) is 0 Å². The number of carbonyl (C=O) groups is 1. The van der Waals surface area contributed by atoms with Crippen LogP contribution >= 0.6 is 0 Å². The number of nitrogens with zero attached hydrogens (tertiary/aromatic N) is 2. The fraction of sp³-hybridized carbons (Fsp3) is 0.310. The van der Waals surface area contributed by atoms with Crippen LogP contribution in [0.5, 0.6) is 17.2 Å². The number of imidazole rings is 1. The number of benzene rings is 3. The zero-order valence-corrected chi connectivity index (χ0v) is 21.3. The quantitative estimate of drug-likeness (QED) is 0.293. The number of ether oxygens (including phenoxy) is 3. The average Bonchev–Trinajstić information content (AvgIpc) is 3.25. The van der Waals surface area contributed by atoms with Crippen LogP contribution in [0, 0.1) is 6.92 Å². The van der Waals surface area contributed by atoms with E-state index in [1.807, 2.05) is 61.5 Å². The van der Waals surface area contributed by atoms with Crippen LogP contribution in [-0.4, -0.2) is 36.3 Å². The lowest BCUT2D eigenvalue weighted by Crippen LogP contribution is -2.30. The monoisotopic (exact) mass is 487 g/mol. The standard InChI is InChI=1S/C29H33N3O4/c1-20-9-7-10-23(17-20)36-16-8-15-32-25-12-6-5-11-24(25)31-29(32)21(2)30-28(33)19-22-13-14-26(34-3)27(18-22)35-4/h5-7,9-14,17-18,21H,8,15-16,19H2,1-4H3,(H,30,33). The molecule has 0 saturated carbocycles. The summed E-state index contributed by atoms with van der Waals surface area (Å²) >= 11 is 0. The van der Waals surface area contributed by atoms with Gasteiger partial charge in [0.25, 0.3) is 0 Å². The number of para-hydroxylation sites is 2. The molecule has 0 fully saturated rings. The maximum absolute atomic E-state index is 12.9. The predicted molar refractivity (Wildman–Crippen MR) is 141 cm³/mol. The summed E-state index contributed by atoms with van der Waals surface area (Å²) in [5.74, 6) is 2.85. The molecule has 0 aliphatic heterocycles. The molecular weight excluding hydrogens is 454 g/mol.